The van der Waals surface area contributed by atoms with Crippen molar-refractivity contribution in [2.45, 2.75) is 38.9 Å². The second-order valence-corrected chi connectivity index (χ2v) is 6.85. The van der Waals surface area contributed by atoms with Crippen LogP contribution in [0.4, 0.5) is 0 Å². The predicted octanol–water partition coefficient (Wildman–Crippen LogP) is 3.95. The largest absolute Gasteiger partial charge is 0.389 e. The second-order valence-electron chi connectivity index (χ2n) is 6.85. The third-order valence-electron chi connectivity index (χ3n) is 4.44. The standard InChI is InChI=1S/C21H27NO3/c1-15(23)16-5-7-17(8-6-16)18-9-11-19(12-10-18)20(24)22-14-13-21(2,3)25-4/h5-12,15,23H,13-14H2,1-4H3,(H,22,24)/t15-/m0/s1. The van der Waals surface area contributed by atoms with Crippen LogP contribution in [0.5, 0.6) is 0 Å². The molecule has 0 aromatic heterocycles. The molecule has 0 spiro atoms. The molecule has 0 unspecified atom stereocenters. The van der Waals surface area contributed by atoms with Crippen molar-refractivity contribution in [3.63, 3.8) is 0 Å². The predicted molar refractivity (Wildman–Crippen MR) is 101 cm³/mol. The van der Waals surface area contributed by atoms with Crippen molar-refractivity contribution in [2.24, 2.45) is 0 Å². The van der Waals surface area contributed by atoms with Crippen LogP contribution in [0.15, 0.2) is 48.5 Å². The fraction of sp³-hybridized carbons (Fsp3) is 0.381. The first-order valence-corrected chi connectivity index (χ1v) is 8.54. The van der Waals surface area contributed by atoms with E-state index >= 15 is 0 Å². The molecule has 0 saturated carbocycles. The van der Waals surface area contributed by atoms with Gasteiger partial charge in [-0.1, -0.05) is 36.4 Å². The van der Waals surface area contributed by atoms with Crippen LogP contribution in [0.25, 0.3) is 11.1 Å². The van der Waals surface area contributed by atoms with Gasteiger partial charge in [0.1, 0.15) is 0 Å². The van der Waals surface area contributed by atoms with Crippen LogP contribution >= 0.6 is 0 Å². The van der Waals surface area contributed by atoms with Gasteiger partial charge in [0.15, 0.2) is 0 Å². The molecule has 0 heterocycles. The summed E-state index contributed by atoms with van der Waals surface area (Å²) in [6.45, 7) is 6.31. The first kappa shape index (κ1) is 19.2. The zero-order chi connectivity index (χ0) is 18.4. The molecular weight excluding hydrogens is 314 g/mol. The van der Waals surface area contributed by atoms with E-state index in [1.165, 1.54) is 0 Å². The highest BCUT2D eigenvalue weighted by Gasteiger charge is 2.16. The lowest BCUT2D eigenvalue weighted by Gasteiger charge is -2.22. The first-order chi connectivity index (χ1) is 11.8. The van der Waals surface area contributed by atoms with Crippen molar-refractivity contribution in [1.29, 1.82) is 0 Å². The molecule has 25 heavy (non-hydrogen) atoms. The van der Waals surface area contributed by atoms with Crippen LogP contribution < -0.4 is 5.32 Å². The van der Waals surface area contributed by atoms with E-state index in [1.807, 2.05) is 62.4 Å². The molecule has 0 radical (unpaired) electrons. The molecule has 134 valence electrons. The van der Waals surface area contributed by atoms with Crippen LogP contribution in [-0.2, 0) is 4.74 Å². The quantitative estimate of drug-likeness (QED) is 0.801. The fourth-order valence-electron chi connectivity index (χ4n) is 2.45. The Bertz CT molecular complexity index is 688. The average molecular weight is 341 g/mol. The molecule has 0 saturated heterocycles. The maximum Gasteiger partial charge on any atom is 0.251 e. The molecular formula is C21H27NO3. The molecule has 0 fully saturated rings. The molecule has 0 aliphatic heterocycles. The molecule has 0 bridgehead atoms. The number of hydrogen-bond acceptors (Lipinski definition) is 3. The second kappa shape index (κ2) is 8.28. The molecule has 2 aromatic rings. The number of aliphatic hydroxyl groups excluding tert-OH is 1. The fourth-order valence-corrected chi connectivity index (χ4v) is 2.45. The summed E-state index contributed by atoms with van der Waals surface area (Å²) in [6, 6.07) is 15.3. The number of amides is 1. The van der Waals surface area contributed by atoms with Gasteiger partial charge in [0.05, 0.1) is 11.7 Å². The number of carbonyl (C=O) groups is 1. The summed E-state index contributed by atoms with van der Waals surface area (Å²) in [4.78, 5) is 12.2. The number of benzene rings is 2. The molecule has 0 aliphatic carbocycles. The van der Waals surface area contributed by atoms with Crippen molar-refractivity contribution in [2.75, 3.05) is 13.7 Å². The summed E-state index contributed by atoms with van der Waals surface area (Å²) in [6.07, 6.45) is 0.284. The van der Waals surface area contributed by atoms with Gasteiger partial charge in [0.25, 0.3) is 5.91 Å². The van der Waals surface area contributed by atoms with Gasteiger partial charge in [-0.2, -0.15) is 0 Å². The van der Waals surface area contributed by atoms with Crippen molar-refractivity contribution >= 4 is 5.91 Å². The Labute approximate surface area is 149 Å². The third kappa shape index (κ3) is 5.41. The minimum atomic E-state index is -0.469. The number of hydrogen-bond donors (Lipinski definition) is 2. The minimum absolute atomic E-state index is 0.0806. The van der Waals surface area contributed by atoms with Crippen LogP contribution in [0.1, 0.15) is 49.2 Å². The monoisotopic (exact) mass is 341 g/mol. The van der Waals surface area contributed by atoms with Gasteiger partial charge in [-0.3, -0.25) is 4.79 Å². The van der Waals surface area contributed by atoms with E-state index in [2.05, 4.69) is 5.32 Å². The topological polar surface area (TPSA) is 58.6 Å². The number of rotatable bonds is 7. The van der Waals surface area contributed by atoms with E-state index in [0.29, 0.717) is 12.1 Å². The number of nitrogens with one attached hydrogen (secondary N) is 1. The Morgan fingerprint density at radius 1 is 1.08 bits per heavy atom. The van der Waals surface area contributed by atoms with E-state index in [4.69, 9.17) is 4.74 Å². The highest BCUT2D eigenvalue weighted by molar-refractivity contribution is 5.94. The van der Waals surface area contributed by atoms with Gasteiger partial charge in [-0.15, -0.1) is 0 Å². The maximum atomic E-state index is 12.2. The van der Waals surface area contributed by atoms with Crippen LogP contribution in [0.3, 0.4) is 0 Å². The normalized spacial score (nSPS) is 12.7. The summed E-state index contributed by atoms with van der Waals surface area (Å²) in [5.41, 5.74) is 3.38. The van der Waals surface area contributed by atoms with Gasteiger partial charge in [-0.05, 0) is 56.0 Å². The molecule has 1 atom stereocenters. The lowest BCUT2D eigenvalue weighted by Crippen LogP contribution is -2.32. The van der Waals surface area contributed by atoms with Crippen LogP contribution in [0, 0.1) is 0 Å². The Morgan fingerprint density at radius 2 is 1.60 bits per heavy atom. The van der Waals surface area contributed by atoms with Gasteiger partial charge in [0.2, 0.25) is 0 Å². The van der Waals surface area contributed by atoms with Crippen molar-refractivity contribution in [3.05, 3.63) is 59.7 Å². The van der Waals surface area contributed by atoms with Crippen molar-refractivity contribution in [3.8, 4) is 11.1 Å². The highest BCUT2D eigenvalue weighted by Crippen LogP contribution is 2.22. The van der Waals surface area contributed by atoms with Crippen LogP contribution in [-0.4, -0.2) is 30.3 Å². The van der Waals surface area contributed by atoms with Crippen molar-refractivity contribution in [1.82, 2.24) is 5.32 Å². The van der Waals surface area contributed by atoms with E-state index in [1.54, 1.807) is 14.0 Å². The summed E-state index contributed by atoms with van der Waals surface area (Å²) < 4.78 is 5.35. The molecule has 4 heteroatoms. The first-order valence-electron chi connectivity index (χ1n) is 8.54. The molecule has 0 aliphatic rings. The number of methoxy groups -OCH3 is 1. The number of aliphatic hydroxyl groups is 1. The Hall–Kier alpha value is -2.17. The Morgan fingerprint density at radius 3 is 2.08 bits per heavy atom. The van der Waals surface area contributed by atoms with Gasteiger partial charge >= 0.3 is 0 Å². The molecule has 2 aromatic carbocycles. The summed E-state index contributed by atoms with van der Waals surface area (Å²) in [5.74, 6) is -0.0806. The summed E-state index contributed by atoms with van der Waals surface area (Å²) in [7, 11) is 1.67. The van der Waals surface area contributed by atoms with Gasteiger partial charge < -0.3 is 15.2 Å². The zero-order valence-electron chi connectivity index (χ0n) is 15.4. The molecule has 2 rings (SSSR count). The van der Waals surface area contributed by atoms with Crippen molar-refractivity contribution < 1.29 is 14.6 Å². The Balaban J connectivity index is 1.98. The lowest BCUT2D eigenvalue weighted by atomic mass is 10.0. The van der Waals surface area contributed by atoms with E-state index < -0.39 is 6.10 Å². The number of carbonyl (C=O) groups excluding carboxylic acids is 1. The molecule has 2 N–H and O–H groups in total. The zero-order valence-corrected chi connectivity index (χ0v) is 15.4. The Kier molecular flexibility index (Phi) is 6.34. The summed E-state index contributed by atoms with van der Waals surface area (Å²) in [5, 5.41) is 12.5. The summed E-state index contributed by atoms with van der Waals surface area (Å²) >= 11 is 0. The SMILES string of the molecule is COC(C)(C)CCNC(=O)c1ccc(-c2ccc([C@H](C)O)cc2)cc1. The lowest BCUT2D eigenvalue weighted by molar-refractivity contribution is 0.0160. The smallest absolute Gasteiger partial charge is 0.251 e. The molecule has 1 amide bonds. The number of ether oxygens (including phenoxy) is 1. The van der Waals surface area contributed by atoms with E-state index in [-0.39, 0.29) is 11.5 Å². The van der Waals surface area contributed by atoms with Crippen LogP contribution in [0.2, 0.25) is 0 Å². The average Bonchev–Trinajstić information content (AvgIpc) is 2.61. The van der Waals surface area contributed by atoms with E-state index in [0.717, 1.165) is 23.1 Å². The minimum Gasteiger partial charge on any atom is -0.389 e. The van der Waals surface area contributed by atoms with Gasteiger partial charge in [-0.25, -0.2) is 0 Å². The van der Waals surface area contributed by atoms with E-state index in [9.17, 15) is 9.90 Å². The van der Waals surface area contributed by atoms with Gasteiger partial charge in [0, 0.05) is 19.2 Å². The highest BCUT2D eigenvalue weighted by atomic mass is 16.5. The third-order valence-corrected chi connectivity index (χ3v) is 4.44. The maximum absolute atomic E-state index is 12.2. The molecule has 4 nitrogen and oxygen atoms in total.